The van der Waals surface area contributed by atoms with Crippen molar-refractivity contribution in [1.82, 2.24) is 0 Å². The smallest absolute Gasteiger partial charge is 0.334 e. The van der Waals surface area contributed by atoms with E-state index in [-0.39, 0.29) is 10.7 Å². The van der Waals surface area contributed by atoms with Gasteiger partial charge in [-0.25, -0.2) is 0 Å². The molecule has 3 N–H and O–H groups in total. The summed E-state index contributed by atoms with van der Waals surface area (Å²) in [7, 11) is 0. The first kappa shape index (κ1) is 8.90. The minimum Gasteiger partial charge on any atom is -0.358 e. The molecule has 0 aromatic heterocycles. The van der Waals surface area contributed by atoms with Crippen molar-refractivity contribution in [2.45, 2.75) is 6.92 Å². The Balaban J connectivity index is 4.67. The summed E-state index contributed by atoms with van der Waals surface area (Å²) in [5.41, 5.74) is 4.75. The van der Waals surface area contributed by atoms with Crippen LogP contribution in [0, 0.1) is 15.5 Å². The van der Waals surface area contributed by atoms with Crippen molar-refractivity contribution in [3.63, 3.8) is 0 Å². The van der Waals surface area contributed by atoms with Crippen molar-refractivity contribution in [2.24, 2.45) is 5.73 Å². The van der Waals surface area contributed by atoms with Gasteiger partial charge in [0.15, 0.2) is 5.03 Å². The number of nitrogens with one attached hydrogen (secondary N) is 1. The zero-order chi connectivity index (χ0) is 8.31. The Bertz CT molecular complexity index is 189. The first-order valence-corrected chi connectivity index (χ1v) is 2.69. The van der Waals surface area contributed by atoms with Crippen LogP contribution in [0.3, 0.4) is 0 Å². The van der Waals surface area contributed by atoms with Crippen LogP contribution in [-0.2, 0) is 0 Å². The average molecular weight is 164 g/mol. The lowest BCUT2D eigenvalue weighted by molar-refractivity contribution is -0.426. The quantitative estimate of drug-likeness (QED) is 0.356. The van der Waals surface area contributed by atoms with Gasteiger partial charge in [0, 0.05) is 0 Å². The van der Waals surface area contributed by atoms with E-state index >= 15 is 0 Å². The fourth-order valence-corrected chi connectivity index (χ4v) is 0.341. The third-order valence-electron chi connectivity index (χ3n) is 0.751. The van der Waals surface area contributed by atoms with Crippen LogP contribution in [0.15, 0.2) is 10.9 Å². The van der Waals surface area contributed by atoms with Crippen LogP contribution in [-0.4, -0.2) is 10.6 Å². The predicted molar refractivity (Wildman–Crippen MR) is 37.5 cm³/mol. The molecule has 0 saturated carbocycles. The number of nitrogens with zero attached hydrogens (tertiary/aromatic N) is 1. The normalized spacial score (nSPS) is 12.2. The van der Waals surface area contributed by atoms with Gasteiger partial charge >= 0.3 is 5.82 Å². The minimum atomic E-state index is -0.833. The molecule has 10 heavy (non-hydrogen) atoms. The topological polar surface area (TPSA) is 93.0 Å². The molecule has 0 bridgehead atoms. The Morgan fingerprint density at radius 1 is 1.80 bits per heavy atom. The summed E-state index contributed by atoms with van der Waals surface area (Å²) < 4.78 is 0. The van der Waals surface area contributed by atoms with Crippen LogP contribution in [0.5, 0.6) is 0 Å². The van der Waals surface area contributed by atoms with Crippen molar-refractivity contribution < 1.29 is 4.92 Å². The Labute approximate surface area is 62.1 Å². The van der Waals surface area contributed by atoms with Gasteiger partial charge in [-0.2, -0.15) is 0 Å². The maximum atomic E-state index is 9.89. The van der Waals surface area contributed by atoms with Gasteiger partial charge in [-0.3, -0.25) is 5.73 Å². The Kier molecular flexibility index (Phi) is 2.82. The highest BCUT2D eigenvalue weighted by Gasteiger charge is 2.10. The van der Waals surface area contributed by atoms with E-state index in [1.165, 1.54) is 6.92 Å². The van der Waals surface area contributed by atoms with E-state index in [2.05, 4.69) is 0 Å². The Morgan fingerprint density at radius 2 is 2.20 bits per heavy atom. The second-order valence-electron chi connectivity index (χ2n) is 1.58. The van der Waals surface area contributed by atoms with E-state index < -0.39 is 10.7 Å². The summed E-state index contributed by atoms with van der Waals surface area (Å²) in [6.07, 6.45) is 0. The van der Waals surface area contributed by atoms with Crippen molar-refractivity contribution in [1.29, 1.82) is 5.41 Å². The molecule has 0 spiro atoms. The van der Waals surface area contributed by atoms with Gasteiger partial charge in [-0.05, 0) is 11.8 Å². The molecule has 0 aromatic rings. The van der Waals surface area contributed by atoms with Crippen LogP contribution in [0.1, 0.15) is 6.92 Å². The molecule has 0 heterocycles. The van der Waals surface area contributed by atoms with E-state index in [4.69, 9.17) is 22.7 Å². The standard InChI is InChI=1S/C4H6ClN3O2/c1-2(6)3(5)4(7)8(9)10/h6H,7H2,1H3/b4-3-,6-2?. The molecule has 0 fully saturated rings. The average Bonchev–Trinajstić information content (AvgIpc) is 1.84. The van der Waals surface area contributed by atoms with E-state index in [1.807, 2.05) is 0 Å². The lowest BCUT2D eigenvalue weighted by Gasteiger charge is -1.95. The zero-order valence-corrected chi connectivity index (χ0v) is 5.97. The molecule has 0 aliphatic carbocycles. The second-order valence-corrected chi connectivity index (χ2v) is 1.96. The van der Waals surface area contributed by atoms with Gasteiger partial charge in [0.25, 0.3) is 0 Å². The van der Waals surface area contributed by atoms with Gasteiger partial charge in [-0.15, -0.1) is 0 Å². The molecule has 0 amide bonds. The fraction of sp³-hybridized carbons (Fsp3) is 0.250. The SMILES string of the molecule is CC(=N)/C(Cl)=C(\N)[N+](=O)[O-]. The largest absolute Gasteiger partial charge is 0.358 e. The van der Waals surface area contributed by atoms with Crippen LogP contribution in [0.4, 0.5) is 0 Å². The minimum absolute atomic E-state index is 0.115. The molecule has 0 saturated heterocycles. The number of rotatable bonds is 2. The predicted octanol–water partition coefficient (Wildman–Crippen LogP) is 0.669. The van der Waals surface area contributed by atoms with Crippen LogP contribution >= 0.6 is 11.6 Å². The van der Waals surface area contributed by atoms with E-state index in [0.717, 1.165) is 0 Å². The molecule has 5 nitrogen and oxygen atoms in total. The Hall–Kier alpha value is -1.10. The summed E-state index contributed by atoms with van der Waals surface area (Å²) in [6, 6.07) is 0. The summed E-state index contributed by atoms with van der Waals surface area (Å²) in [4.78, 5) is 9.05. The van der Waals surface area contributed by atoms with E-state index in [9.17, 15) is 10.1 Å². The highest BCUT2D eigenvalue weighted by molar-refractivity contribution is 6.42. The molecule has 0 unspecified atom stereocenters. The fourth-order valence-electron chi connectivity index (χ4n) is 0.272. The lowest BCUT2D eigenvalue weighted by Crippen LogP contribution is -2.13. The molecule has 0 aromatic carbocycles. The summed E-state index contributed by atoms with van der Waals surface area (Å²) in [5, 5.41) is 16.4. The Morgan fingerprint density at radius 3 is 2.30 bits per heavy atom. The van der Waals surface area contributed by atoms with Crippen molar-refractivity contribution in [3.8, 4) is 0 Å². The van der Waals surface area contributed by atoms with Gasteiger partial charge < -0.3 is 15.5 Å². The maximum absolute atomic E-state index is 9.89. The van der Waals surface area contributed by atoms with Gasteiger partial charge in [0.1, 0.15) is 0 Å². The molecular weight excluding hydrogens is 158 g/mol. The number of allylic oxidation sites excluding steroid dienone is 1. The van der Waals surface area contributed by atoms with Gasteiger partial charge in [-0.1, -0.05) is 11.6 Å². The summed E-state index contributed by atoms with van der Waals surface area (Å²) in [5.74, 6) is -0.686. The molecule has 56 valence electrons. The molecule has 0 rings (SSSR count). The van der Waals surface area contributed by atoms with Gasteiger partial charge in [0.05, 0.1) is 5.71 Å². The number of nitro groups is 1. The van der Waals surface area contributed by atoms with Crippen LogP contribution in [0.2, 0.25) is 0 Å². The third kappa shape index (κ3) is 2.02. The molecular formula is C4H6ClN3O2. The summed E-state index contributed by atoms with van der Waals surface area (Å²) in [6.45, 7) is 1.32. The first-order valence-electron chi connectivity index (χ1n) is 2.32. The number of hydrogen-bond donors (Lipinski definition) is 2. The van der Waals surface area contributed by atoms with Crippen molar-refractivity contribution in [3.05, 3.63) is 21.0 Å². The molecule has 0 radical (unpaired) electrons. The zero-order valence-electron chi connectivity index (χ0n) is 5.22. The third-order valence-corrected chi connectivity index (χ3v) is 1.23. The van der Waals surface area contributed by atoms with Crippen molar-refractivity contribution >= 4 is 17.3 Å². The van der Waals surface area contributed by atoms with Crippen LogP contribution in [0.25, 0.3) is 0 Å². The number of hydrogen-bond acceptors (Lipinski definition) is 4. The lowest BCUT2D eigenvalue weighted by atomic mass is 10.4. The maximum Gasteiger partial charge on any atom is 0.334 e. The molecule has 0 atom stereocenters. The highest BCUT2D eigenvalue weighted by Crippen LogP contribution is 2.06. The number of halogens is 1. The van der Waals surface area contributed by atoms with E-state index in [0.29, 0.717) is 0 Å². The second kappa shape index (κ2) is 3.17. The van der Waals surface area contributed by atoms with E-state index in [1.54, 1.807) is 0 Å². The monoisotopic (exact) mass is 163 g/mol. The molecule has 0 aliphatic heterocycles. The molecule has 0 aliphatic rings. The van der Waals surface area contributed by atoms with Gasteiger partial charge in [0.2, 0.25) is 0 Å². The first-order chi connectivity index (χ1) is 4.46. The van der Waals surface area contributed by atoms with Crippen LogP contribution < -0.4 is 5.73 Å². The highest BCUT2D eigenvalue weighted by atomic mass is 35.5. The number of nitrogens with two attached hydrogens (primary N) is 1. The summed E-state index contributed by atoms with van der Waals surface area (Å²) >= 11 is 5.25. The van der Waals surface area contributed by atoms with Crippen molar-refractivity contribution in [2.75, 3.05) is 0 Å². The molecule has 6 heteroatoms.